The van der Waals surface area contributed by atoms with Gasteiger partial charge in [0, 0.05) is 87.5 Å². The number of fused-ring (bicyclic) bond motifs is 28. The Balaban J connectivity index is 0.814. The first-order valence-electron chi connectivity index (χ1n) is 46.7. The van der Waals surface area contributed by atoms with E-state index in [1.165, 1.54) is 16.3 Å². The molecule has 0 saturated carbocycles. The number of aromatic nitrogens is 2. The maximum Gasteiger partial charge on any atom is 0.249 e. The van der Waals surface area contributed by atoms with Crippen LogP contribution < -0.4 is 30.8 Å². The molecule has 0 fully saturated rings. The fourth-order valence-corrected chi connectivity index (χ4v) is 21.5. The number of ether oxygens (including phenoxy) is 2. The Morgan fingerprint density at radius 1 is 0.322 bits per heavy atom. The number of anilines is 3. The molecule has 25 rings (SSSR count). The molecule has 6 aliphatic rings. The molecule has 4 aliphatic heterocycles. The van der Waals surface area contributed by atoms with E-state index in [0.29, 0.717) is 50.6 Å². The fourth-order valence-electron chi connectivity index (χ4n) is 20.2. The van der Waals surface area contributed by atoms with E-state index in [1.807, 2.05) is 60.7 Å². The van der Waals surface area contributed by atoms with Gasteiger partial charge in [-0.25, -0.2) is 0 Å². The summed E-state index contributed by atoms with van der Waals surface area (Å²) < 4.78 is 169. The maximum absolute atomic E-state index is 10.00. The number of nitrogens with zero attached hydrogens (tertiary/aromatic N) is 3. The third-order valence-corrected chi connectivity index (χ3v) is 26.1. The Kier molecular flexibility index (Phi) is 10.6. The highest BCUT2D eigenvalue weighted by Gasteiger charge is 2.53. The number of hydrogen-bond acceptors (Lipinski definition) is 4. The van der Waals surface area contributed by atoms with Gasteiger partial charge in [0.25, 0.3) is 0 Å². The Labute approximate surface area is 693 Å². The number of benzene rings is 17. The van der Waals surface area contributed by atoms with E-state index >= 15 is 0 Å². The first kappa shape index (κ1) is 50.9. The van der Waals surface area contributed by atoms with Crippen molar-refractivity contribution in [1.82, 2.24) is 9.13 Å². The average Bonchev–Trinajstić information content (AvgIpc) is 1.59. The van der Waals surface area contributed by atoms with E-state index in [4.69, 9.17) is 15.0 Å². The minimum Gasteiger partial charge on any atom is -0.457 e. The molecule has 19 aromatic rings. The van der Waals surface area contributed by atoms with Gasteiger partial charge in [-0.3, -0.25) is 0 Å². The summed E-state index contributed by atoms with van der Waals surface area (Å²) in [6, 6.07) is 87.0. The van der Waals surface area contributed by atoms with Crippen molar-refractivity contribution in [3.63, 3.8) is 0 Å². The lowest BCUT2D eigenvalue weighted by Gasteiger charge is -2.42. The van der Waals surface area contributed by atoms with E-state index in [1.54, 1.807) is 4.57 Å². The maximum atomic E-state index is 10.00. The van der Waals surface area contributed by atoms with Gasteiger partial charge in [-0.05, 0) is 173 Å². The molecule has 538 valence electrons. The molecule has 5 nitrogen and oxygen atoms in total. The second-order valence-corrected chi connectivity index (χ2v) is 32.7. The van der Waals surface area contributed by atoms with Crippen LogP contribution in [0.25, 0.3) is 111 Å². The quantitative estimate of drug-likeness (QED) is 0.155. The van der Waals surface area contributed by atoms with Crippen molar-refractivity contribution in [2.24, 2.45) is 0 Å². The van der Waals surface area contributed by atoms with E-state index in [9.17, 15) is 16.4 Å². The predicted octanol–water partition coefficient (Wildman–Crippen LogP) is 25.9. The third kappa shape index (κ3) is 8.85. The summed E-state index contributed by atoms with van der Waals surface area (Å²) in [5.74, 6) is 2.64. The number of hydrogen-bond donors (Lipinski definition) is 0. The molecule has 0 bridgehead atoms. The van der Waals surface area contributed by atoms with Gasteiger partial charge in [0.1, 0.15) is 23.0 Å². The van der Waals surface area contributed by atoms with Crippen molar-refractivity contribution in [3.8, 4) is 90.0 Å². The molecule has 2 spiro atoms. The fraction of sp³-hybridized carbons (Fsp3) is 0.0556. The SMILES string of the molecule is [2H]c1c([2H])c([2H])c2c(c1[2H])c1c([2H])c([2H])c([2H])c([2H])c1n2-c1ccc2c(c1)Sc1cc(-c3ccc(C(C)(C)C)cc3)cc3c1B2c1ccc(-n2c4c([2H])c([2H])c([2H])c([2H])c4c4c([2H])c([2H])c([2H])c([2H])c42)cc1N3c1c(-c2ccc3c(c2)Oc2ccccc2C32c3ccccc3-c3ccccc32)cccc1-c1ccc2c(c1)Oc1ccccc1C21c2ccccc2-c2ccccc21. The molecule has 0 atom stereocenters. The van der Waals surface area contributed by atoms with Crippen molar-refractivity contribution in [2.75, 3.05) is 4.90 Å². The van der Waals surface area contributed by atoms with Gasteiger partial charge in [-0.1, -0.05) is 323 Å². The highest BCUT2D eigenvalue weighted by molar-refractivity contribution is 8.00. The summed E-state index contributed by atoms with van der Waals surface area (Å²) in [5.41, 5.74) is 21.5. The molecule has 0 radical (unpaired) electrons. The standard InChI is InChI=1S/C108H70BN3O2S/c1-106(2,3)69-51-47-65(48-52-69)68-59-97-104-103(62-68)115-102-64-71(111-94-43-20-10-31-80(94)81-32-11-21-44-95(81)111)54-58-91(102)109(104)90-57-53-70(110-92-41-18-8-29-78(92)79-30-9-19-42-93(79)110)63-96(90)112(97)105-72(66-49-55-88-100(60-66)113-98-45-22-16-39-86(98)107(88)82-35-12-4-25-74(82)75-26-5-13-36-83(75)107)33-24-34-73(105)67-50-56-89-101(61-67)114-99-46-23-17-40-87(99)108(89)84-37-14-6-27-76(84)77-28-7-15-38-85(77)108/h4-64H,1-3H3/i8D,9D,10D,11D,18D,19D,20D,21D,29D,30D,31D,32D,41D,42D,43D,44D. The van der Waals surface area contributed by atoms with Crippen LogP contribution in [0.5, 0.6) is 23.0 Å². The van der Waals surface area contributed by atoms with Crippen molar-refractivity contribution in [3.05, 3.63) is 420 Å². The minimum atomic E-state index is -0.834. The van der Waals surface area contributed by atoms with Crippen LogP contribution in [0, 0.1) is 0 Å². The van der Waals surface area contributed by atoms with Gasteiger partial charge in [0.15, 0.2) is 0 Å². The van der Waals surface area contributed by atoms with Crippen molar-refractivity contribution < 1.29 is 31.4 Å². The van der Waals surface area contributed by atoms with Gasteiger partial charge in [-0.15, -0.1) is 0 Å². The molecule has 0 amide bonds. The van der Waals surface area contributed by atoms with Crippen LogP contribution >= 0.6 is 11.8 Å². The first-order chi connectivity index (χ1) is 63.3. The molecular formula is C108H70BN3O2S. The topological polar surface area (TPSA) is 31.6 Å². The van der Waals surface area contributed by atoms with Crippen LogP contribution in [0.1, 0.15) is 92.8 Å². The van der Waals surface area contributed by atoms with Crippen molar-refractivity contribution in [1.29, 1.82) is 0 Å². The molecule has 0 unspecified atom stereocenters. The van der Waals surface area contributed by atoms with Gasteiger partial charge < -0.3 is 23.5 Å². The lowest BCUT2D eigenvalue weighted by Crippen LogP contribution is -2.60. The number of rotatable bonds is 6. The summed E-state index contributed by atoms with van der Waals surface area (Å²) in [6.07, 6.45) is 0. The van der Waals surface area contributed by atoms with Gasteiger partial charge in [-0.2, -0.15) is 0 Å². The zero-order valence-electron chi connectivity index (χ0n) is 78.1. The molecule has 2 aromatic heterocycles. The van der Waals surface area contributed by atoms with Gasteiger partial charge in [0.2, 0.25) is 6.71 Å². The average molecular weight is 1500 g/mol. The van der Waals surface area contributed by atoms with Crippen LogP contribution in [0.3, 0.4) is 0 Å². The van der Waals surface area contributed by atoms with E-state index < -0.39 is 114 Å². The van der Waals surface area contributed by atoms with Crippen LogP contribution in [0.4, 0.5) is 17.1 Å². The molecule has 115 heavy (non-hydrogen) atoms. The summed E-state index contributed by atoms with van der Waals surface area (Å²) >= 11 is 1.50. The molecule has 0 saturated heterocycles. The minimum absolute atomic E-state index is 0.0316. The van der Waals surface area contributed by atoms with E-state index in [0.717, 1.165) is 127 Å². The highest BCUT2D eigenvalue weighted by Crippen LogP contribution is 2.65. The summed E-state index contributed by atoms with van der Waals surface area (Å²) in [4.78, 5) is 3.82. The predicted molar refractivity (Wildman–Crippen MR) is 475 cm³/mol. The zero-order chi connectivity index (χ0) is 89.7. The normalized spacial score (nSPS) is 16.2. The summed E-state index contributed by atoms with van der Waals surface area (Å²) in [7, 11) is 0. The summed E-state index contributed by atoms with van der Waals surface area (Å²) in [5, 5.41) is -0.297. The van der Waals surface area contributed by atoms with Crippen molar-refractivity contribution >= 4 is 95.5 Å². The van der Waals surface area contributed by atoms with Gasteiger partial charge in [0.05, 0.1) is 60.5 Å². The monoisotopic (exact) mass is 1500 g/mol. The zero-order valence-corrected chi connectivity index (χ0v) is 62.9. The molecular weight excluding hydrogens is 1410 g/mol. The smallest absolute Gasteiger partial charge is 0.249 e. The van der Waals surface area contributed by atoms with Crippen LogP contribution in [-0.4, -0.2) is 15.8 Å². The van der Waals surface area contributed by atoms with Gasteiger partial charge >= 0.3 is 0 Å². The second-order valence-electron chi connectivity index (χ2n) is 31.6. The lowest BCUT2D eigenvalue weighted by molar-refractivity contribution is 0.436. The Morgan fingerprint density at radius 3 is 1.19 bits per heavy atom. The van der Waals surface area contributed by atoms with Crippen LogP contribution in [-0.2, 0) is 16.2 Å². The lowest BCUT2D eigenvalue weighted by atomic mass is 9.34. The Bertz CT molecular complexity index is 8050. The molecule has 0 N–H and O–H groups in total. The molecule has 6 heterocycles. The summed E-state index contributed by atoms with van der Waals surface area (Å²) in [6.45, 7) is 5.82. The largest absolute Gasteiger partial charge is 0.457 e. The van der Waals surface area contributed by atoms with Crippen LogP contribution in [0.15, 0.2) is 379 Å². The van der Waals surface area contributed by atoms with E-state index in [2.05, 4.69) is 238 Å². The van der Waals surface area contributed by atoms with Crippen molar-refractivity contribution in [2.45, 2.75) is 46.8 Å². The Hall–Kier alpha value is -13.8. The molecule has 7 heteroatoms. The van der Waals surface area contributed by atoms with E-state index in [-0.39, 0.29) is 54.7 Å². The molecule has 17 aromatic carbocycles. The second kappa shape index (κ2) is 23.9. The first-order valence-corrected chi connectivity index (χ1v) is 39.6. The van der Waals surface area contributed by atoms with Crippen LogP contribution in [0.2, 0.25) is 0 Å². The third-order valence-electron chi connectivity index (χ3n) is 25.0. The number of para-hydroxylation sites is 7. The molecule has 2 aliphatic carbocycles. The highest BCUT2D eigenvalue weighted by atomic mass is 32.2. The Morgan fingerprint density at radius 2 is 0.722 bits per heavy atom.